The van der Waals surface area contributed by atoms with Gasteiger partial charge in [0.1, 0.15) is 5.75 Å². The molecule has 0 fully saturated rings. The number of hydrogen-bond donors (Lipinski definition) is 1. The van der Waals surface area contributed by atoms with Crippen LogP contribution < -0.4 is 10.1 Å². The van der Waals surface area contributed by atoms with Gasteiger partial charge in [-0.2, -0.15) is 8.78 Å². The van der Waals surface area contributed by atoms with E-state index in [0.717, 1.165) is 5.56 Å². The Morgan fingerprint density at radius 2 is 1.80 bits per heavy atom. The monoisotopic (exact) mass is 297 g/mol. The number of para-hydroxylation sites is 1. The van der Waals surface area contributed by atoms with Crippen LogP contribution in [0.1, 0.15) is 36.4 Å². The minimum atomic E-state index is -2.81. The van der Waals surface area contributed by atoms with Crippen molar-refractivity contribution in [2.75, 3.05) is 0 Å². The minimum Gasteiger partial charge on any atom is -0.434 e. The molecule has 108 valence electrons. The van der Waals surface area contributed by atoms with Crippen LogP contribution in [0.15, 0.2) is 41.8 Å². The van der Waals surface area contributed by atoms with Crippen molar-refractivity contribution in [3.05, 3.63) is 52.2 Å². The van der Waals surface area contributed by atoms with Crippen LogP contribution in [0.2, 0.25) is 0 Å². The number of benzene rings is 1. The summed E-state index contributed by atoms with van der Waals surface area (Å²) in [4.78, 5) is 1.21. The second-order valence-electron chi connectivity index (χ2n) is 4.54. The Balaban J connectivity index is 2.10. The summed E-state index contributed by atoms with van der Waals surface area (Å²) in [6.07, 6.45) is 0. The highest BCUT2D eigenvalue weighted by atomic mass is 32.1. The van der Waals surface area contributed by atoms with Gasteiger partial charge in [-0.15, -0.1) is 11.3 Å². The van der Waals surface area contributed by atoms with Crippen molar-refractivity contribution in [2.45, 2.75) is 32.5 Å². The number of ether oxygens (including phenoxy) is 1. The van der Waals surface area contributed by atoms with Gasteiger partial charge in [0.25, 0.3) is 0 Å². The third-order valence-electron chi connectivity index (χ3n) is 3.07. The van der Waals surface area contributed by atoms with Gasteiger partial charge in [0, 0.05) is 22.5 Å². The number of hydrogen-bond acceptors (Lipinski definition) is 3. The van der Waals surface area contributed by atoms with E-state index in [4.69, 9.17) is 0 Å². The summed E-state index contributed by atoms with van der Waals surface area (Å²) in [5.74, 6) is 0.223. The minimum absolute atomic E-state index is 0.0814. The molecule has 0 saturated carbocycles. The Hall–Kier alpha value is -1.46. The first-order chi connectivity index (χ1) is 9.58. The summed E-state index contributed by atoms with van der Waals surface area (Å²) in [5, 5.41) is 5.42. The molecular formula is C15H17F2NOS. The number of alkyl halides is 2. The van der Waals surface area contributed by atoms with Crippen LogP contribution in [0.25, 0.3) is 0 Å². The third-order valence-corrected chi connectivity index (χ3v) is 4.13. The van der Waals surface area contributed by atoms with Gasteiger partial charge in [-0.05, 0) is 31.4 Å². The third kappa shape index (κ3) is 3.77. The molecule has 0 spiro atoms. The van der Waals surface area contributed by atoms with E-state index in [2.05, 4.69) is 23.0 Å². The number of nitrogens with one attached hydrogen (secondary N) is 1. The average molecular weight is 297 g/mol. The number of rotatable bonds is 6. The highest BCUT2D eigenvalue weighted by Gasteiger charge is 2.17. The van der Waals surface area contributed by atoms with Crippen molar-refractivity contribution in [2.24, 2.45) is 0 Å². The Kier molecular flexibility index (Phi) is 5.09. The first kappa shape index (κ1) is 14.9. The van der Waals surface area contributed by atoms with E-state index in [0.29, 0.717) is 0 Å². The predicted molar refractivity (Wildman–Crippen MR) is 77.4 cm³/mol. The zero-order valence-electron chi connectivity index (χ0n) is 11.3. The zero-order valence-corrected chi connectivity index (χ0v) is 12.2. The van der Waals surface area contributed by atoms with Crippen molar-refractivity contribution in [3.63, 3.8) is 0 Å². The molecule has 1 N–H and O–H groups in total. The van der Waals surface area contributed by atoms with E-state index >= 15 is 0 Å². The smallest absolute Gasteiger partial charge is 0.387 e. The molecule has 2 rings (SSSR count). The van der Waals surface area contributed by atoms with Crippen LogP contribution in [0, 0.1) is 0 Å². The standard InChI is InChI=1S/C15H17F2NOS/c1-10(18-11(2)14-8-5-9-20-14)12-6-3-4-7-13(12)19-15(16)17/h3-11,15,18H,1-2H3/t10?,11-/m0/s1. The molecule has 0 aliphatic heterocycles. The molecule has 0 saturated heterocycles. The first-order valence-electron chi connectivity index (χ1n) is 6.41. The van der Waals surface area contributed by atoms with Gasteiger partial charge in [-0.3, -0.25) is 0 Å². The SMILES string of the molecule is CC(N[C@@H](C)c1cccs1)c1ccccc1OC(F)F. The maximum absolute atomic E-state index is 12.4. The average Bonchev–Trinajstić information content (AvgIpc) is 2.92. The van der Waals surface area contributed by atoms with E-state index in [9.17, 15) is 8.78 Å². The summed E-state index contributed by atoms with van der Waals surface area (Å²) in [6, 6.07) is 11.0. The molecule has 0 aliphatic rings. The molecule has 2 atom stereocenters. The second-order valence-corrected chi connectivity index (χ2v) is 5.52. The van der Waals surface area contributed by atoms with Gasteiger partial charge < -0.3 is 10.1 Å². The van der Waals surface area contributed by atoms with Crippen LogP contribution in [-0.2, 0) is 0 Å². The van der Waals surface area contributed by atoms with E-state index < -0.39 is 6.61 Å². The van der Waals surface area contributed by atoms with Crippen molar-refractivity contribution >= 4 is 11.3 Å². The van der Waals surface area contributed by atoms with E-state index in [1.807, 2.05) is 24.4 Å². The van der Waals surface area contributed by atoms with E-state index in [1.54, 1.807) is 29.5 Å². The van der Waals surface area contributed by atoms with Crippen molar-refractivity contribution in [1.82, 2.24) is 5.32 Å². The lowest BCUT2D eigenvalue weighted by Gasteiger charge is -2.21. The summed E-state index contributed by atoms with van der Waals surface area (Å²) in [6.45, 7) is 1.19. The van der Waals surface area contributed by atoms with Gasteiger partial charge in [0.05, 0.1) is 0 Å². The molecule has 0 aliphatic carbocycles. The maximum Gasteiger partial charge on any atom is 0.387 e. The van der Waals surface area contributed by atoms with Crippen molar-refractivity contribution in [1.29, 1.82) is 0 Å². The van der Waals surface area contributed by atoms with Crippen LogP contribution in [-0.4, -0.2) is 6.61 Å². The Morgan fingerprint density at radius 3 is 2.45 bits per heavy atom. The van der Waals surface area contributed by atoms with Gasteiger partial charge in [-0.1, -0.05) is 24.3 Å². The highest BCUT2D eigenvalue weighted by molar-refractivity contribution is 7.10. The fourth-order valence-corrected chi connectivity index (χ4v) is 2.87. The van der Waals surface area contributed by atoms with Gasteiger partial charge in [0.15, 0.2) is 0 Å². The lowest BCUT2D eigenvalue weighted by Crippen LogP contribution is -2.22. The molecule has 20 heavy (non-hydrogen) atoms. The second kappa shape index (κ2) is 6.81. The molecule has 1 aromatic heterocycles. The van der Waals surface area contributed by atoms with Crippen LogP contribution in [0.3, 0.4) is 0 Å². The molecule has 0 radical (unpaired) electrons. The van der Waals surface area contributed by atoms with Crippen molar-refractivity contribution in [3.8, 4) is 5.75 Å². The zero-order chi connectivity index (χ0) is 14.5. The van der Waals surface area contributed by atoms with Gasteiger partial charge in [0.2, 0.25) is 0 Å². The Bertz CT molecular complexity index is 530. The molecule has 2 nitrogen and oxygen atoms in total. The summed E-state index contributed by atoms with van der Waals surface area (Å²) < 4.78 is 29.4. The normalized spacial score (nSPS) is 14.2. The van der Waals surface area contributed by atoms with Crippen molar-refractivity contribution < 1.29 is 13.5 Å². The van der Waals surface area contributed by atoms with Crippen LogP contribution in [0.4, 0.5) is 8.78 Å². The quantitative estimate of drug-likeness (QED) is 0.830. The molecular weight excluding hydrogens is 280 g/mol. The maximum atomic E-state index is 12.4. The topological polar surface area (TPSA) is 21.3 Å². The predicted octanol–water partition coefficient (Wildman–Crippen LogP) is 4.76. The van der Waals surface area contributed by atoms with Crippen LogP contribution in [0.5, 0.6) is 5.75 Å². The Labute approximate surface area is 121 Å². The first-order valence-corrected chi connectivity index (χ1v) is 7.29. The molecule has 5 heteroatoms. The van der Waals surface area contributed by atoms with E-state index in [1.165, 1.54) is 4.88 Å². The number of thiophene rings is 1. The van der Waals surface area contributed by atoms with Crippen LogP contribution >= 0.6 is 11.3 Å². The number of halogens is 2. The molecule has 1 heterocycles. The van der Waals surface area contributed by atoms with Gasteiger partial charge >= 0.3 is 6.61 Å². The summed E-state index contributed by atoms with van der Waals surface area (Å²) in [7, 11) is 0. The molecule has 1 unspecified atom stereocenters. The molecule has 0 bridgehead atoms. The molecule has 2 aromatic rings. The summed E-state index contributed by atoms with van der Waals surface area (Å²) in [5.41, 5.74) is 0.733. The summed E-state index contributed by atoms with van der Waals surface area (Å²) >= 11 is 1.67. The molecule has 0 amide bonds. The molecule has 1 aromatic carbocycles. The van der Waals surface area contributed by atoms with Gasteiger partial charge in [-0.25, -0.2) is 0 Å². The fourth-order valence-electron chi connectivity index (χ4n) is 2.13. The Morgan fingerprint density at radius 1 is 1.05 bits per heavy atom. The van der Waals surface area contributed by atoms with E-state index in [-0.39, 0.29) is 17.8 Å². The fraction of sp³-hybridized carbons (Fsp3) is 0.333. The highest BCUT2D eigenvalue weighted by Crippen LogP contribution is 2.29. The lowest BCUT2D eigenvalue weighted by atomic mass is 10.1. The largest absolute Gasteiger partial charge is 0.434 e. The lowest BCUT2D eigenvalue weighted by molar-refractivity contribution is -0.0506.